The first kappa shape index (κ1) is 41.3. The number of benzene rings is 12. The molecule has 1 aliphatic carbocycles. The molecule has 2 heteroatoms. The van der Waals surface area contributed by atoms with E-state index in [4.69, 9.17) is 0 Å². The quantitative estimate of drug-likeness (QED) is 0.155. The van der Waals surface area contributed by atoms with Gasteiger partial charge in [-0.25, -0.2) is 0 Å². The van der Waals surface area contributed by atoms with E-state index in [0.717, 1.165) is 17.1 Å². The maximum Gasteiger partial charge on any atom is 0.0754 e. The predicted molar refractivity (Wildman–Crippen MR) is 306 cm³/mol. The van der Waals surface area contributed by atoms with Crippen molar-refractivity contribution in [1.82, 2.24) is 4.57 Å². The van der Waals surface area contributed by atoms with Gasteiger partial charge in [0, 0.05) is 27.7 Å². The topological polar surface area (TPSA) is 8.17 Å². The summed E-state index contributed by atoms with van der Waals surface area (Å²) in [4.78, 5) is 2.43. The SMILES string of the molecule is c1ccc(-c2ccc(N(c3ccc4cc(-c5ccc6c(c5)C5(c7ccccc7-6)c6ccccc6-n6c7ccccc7c7cccc5c76)ccc4c3)c3ccccc3-c3ccccc3-c3ccccc3)cc2)cc1. The van der Waals surface area contributed by atoms with Crippen LogP contribution in [0.25, 0.3) is 93.9 Å². The van der Waals surface area contributed by atoms with Crippen LogP contribution in [0.3, 0.4) is 0 Å². The Hall–Kier alpha value is -9.50. The van der Waals surface area contributed by atoms with Crippen molar-refractivity contribution < 1.29 is 0 Å². The Morgan fingerprint density at radius 1 is 0.288 bits per heavy atom. The molecule has 0 amide bonds. The highest BCUT2D eigenvalue weighted by atomic mass is 15.1. The molecular formula is C71H46N2. The number of anilines is 3. The lowest BCUT2D eigenvalue weighted by molar-refractivity contribution is 0.749. The van der Waals surface area contributed by atoms with Crippen LogP contribution in [0.2, 0.25) is 0 Å². The molecule has 0 saturated heterocycles. The number of fused-ring (bicyclic) bond motifs is 13. The fourth-order valence-corrected chi connectivity index (χ4v) is 12.6. The average Bonchev–Trinajstić information content (AvgIpc) is 3.97. The second-order valence-corrected chi connectivity index (χ2v) is 19.6. The van der Waals surface area contributed by atoms with Gasteiger partial charge in [-0.2, -0.15) is 0 Å². The number of nitrogens with zero attached hydrogens (tertiary/aromatic N) is 2. The molecule has 1 atom stereocenters. The minimum atomic E-state index is -0.505. The molecule has 2 nitrogen and oxygen atoms in total. The second kappa shape index (κ2) is 16.3. The van der Waals surface area contributed by atoms with Crippen molar-refractivity contribution in [3.63, 3.8) is 0 Å². The fourth-order valence-electron chi connectivity index (χ4n) is 12.6. The summed E-state index contributed by atoms with van der Waals surface area (Å²) in [5.41, 5.74) is 24.0. The molecule has 73 heavy (non-hydrogen) atoms. The van der Waals surface area contributed by atoms with Crippen LogP contribution in [-0.2, 0) is 5.41 Å². The summed E-state index contributed by atoms with van der Waals surface area (Å²) in [5.74, 6) is 0. The van der Waals surface area contributed by atoms with Gasteiger partial charge >= 0.3 is 0 Å². The van der Waals surface area contributed by atoms with Gasteiger partial charge in [-0.05, 0) is 138 Å². The summed E-state index contributed by atoms with van der Waals surface area (Å²) in [6, 6.07) is 103. The van der Waals surface area contributed by atoms with Crippen molar-refractivity contribution in [3.8, 4) is 61.3 Å². The van der Waals surface area contributed by atoms with Crippen LogP contribution in [0.15, 0.2) is 279 Å². The summed E-state index contributed by atoms with van der Waals surface area (Å²) < 4.78 is 2.52. The van der Waals surface area contributed by atoms with Gasteiger partial charge in [0.25, 0.3) is 0 Å². The summed E-state index contributed by atoms with van der Waals surface area (Å²) >= 11 is 0. The summed E-state index contributed by atoms with van der Waals surface area (Å²) in [5, 5.41) is 4.95. The number of rotatable bonds is 7. The smallest absolute Gasteiger partial charge is 0.0754 e. The van der Waals surface area contributed by atoms with Crippen molar-refractivity contribution in [2.75, 3.05) is 4.90 Å². The monoisotopic (exact) mass is 926 g/mol. The largest absolute Gasteiger partial charge is 0.310 e. The molecule has 0 bridgehead atoms. The van der Waals surface area contributed by atoms with Gasteiger partial charge in [0.15, 0.2) is 0 Å². The number of hydrogen-bond acceptors (Lipinski definition) is 1. The van der Waals surface area contributed by atoms with Gasteiger partial charge in [0.1, 0.15) is 0 Å². The van der Waals surface area contributed by atoms with E-state index in [1.54, 1.807) is 0 Å². The second-order valence-electron chi connectivity index (χ2n) is 19.6. The molecule has 1 aliphatic heterocycles. The summed E-state index contributed by atoms with van der Waals surface area (Å²) in [7, 11) is 0. The van der Waals surface area contributed by atoms with E-state index in [2.05, 4.69) is 289 Å². The standard InChI is InChI=1S/C71H46N2/c1-3-18-47(19-4-1)48-36-40-54(41-37-48)72(67-31-14-10-25-60(67)57-23-8-7-22-56(57)49-20-5-2-6-21-49)55-42-38-51-44-50(34-35-52(51)45-55)53-39-43-59-58-24-9-12-28-63(58)71(66(59)46-53)64-29-13-16-33-69(64)73-68-32-15-11-26-61(68)62-27-17-30-65(71)70(62)73/h1-46H. The zero-order chi connectivity index (χ0) is 48.0. The molecule has 0 fully saturated rings. The lowest BCUT2D eigenvalue weighted by Crippen LogP contribution is -2.33. The molecule has 12 aromatic carbocycles. The Morgan fingerprint density at radius 2 is 0.836 bits per heavy atom. The van der Waals surface area contributed by atoms with Crippen molar-refractivity contribution >= 4 is 49.6 Å². The molecule has 1 aromatic heterocycles. The van der Waals surface area contributed by atoms with E-state index in [0.29, 0.717) is 0 Å². The Morgan fingerprint density at radius 3 is 1.67 bits per heavy atom. The van der Waals surface area contributed by atoms with E-state index in [1.807, 2.05) is 0 Å². The molecule has 2 aliphatic rings. The van der Waals surface area contributed by atoms with Gasteiger partial charge in [-0.1, -0.05) is 224 Å². The van der Waals surface area contributed by atoms with E-state index in [-0.39, 0.29) is 0 Å². The highest BCUT2D eigenvalue weighted by Gasteiger charge is 2.50. The highest BCUT2D eigenvalue weighted by Crippen LogP contribution is 2.61. The summed E-state index contributed by atoms with van der Waals surface area (Å²) in [6.07, 6.45) is 0. The lowest BCUT2D eigenvalue weighted by atomic mass is 9.65. The highest BCUT2D eigenvalue weighted by molar-refractivity contribution is 6.13. The predicted octanol–water partition coefficient (Wildman–Crippen LogP) is 18.8. The normalized spacial score (nSPS) is 14.1. The van der Waals surface area contributed by atoms with E-state index >= 15 is 0 Å². The molecule has 1 spiro atoms. The van der Waals surface area contributed by atoms with E-state index in [9.17, 15) is 0 Å². The van der Waals surface area contributed by atoms with Crippen LogP contribution in [0, 0.1) is 0 Å². The third-order valence-corrected chi connectivity index (χ3v) is 15.8. The van der Waals surface area contributed by atoms with E-state index < -0.39 is 5.41 Å². The third kappa shape index (κ3) is 6.17. The Bertz CT molecular complexity index is 4320. The minimum Gasteiger partial charge on any atom is -0.310 e. The Labute approximate surface area is 425 Å². The maximum atomic E-state index is 2.52. The first-order valence-electron chi connectivity index (χ1n) is 25.3. The van der Waals surface area contributed by atoms with Crippen molar-refractivity contribution in [2.24, 2.45) is 0 Å². The van der Waals surface area contributed by atoms with Crippen molar-refractivity contribution in [3.05, 3.63) is 301 Å². The van der Waals surface area contributed by atoms with Gasteiger partial charge in [0.2, 0.25) is 0 Å². The van der Waals surface area contributed by atoms with Crippen LogP contribution in [0.1, 0.15) is 22.3 Å². The van der Waals surface area contributed by atoms with E-state index in [1.165, 1.54) is 116 Å². The zero-order valence-electron chi connectivity index (χ0n) is 40.0. The molecule has 2 heterocycles. The maximum absolute atomic E-state index is 2.52. The van der Waals surface area contributed by atoms with Gasteiger partial charge in [-0.15, -0.1) is 0 Å². The molecule has 0 saturated carbocycles. The minimum absolute atomic E-state index is 0.505. The Kier molecular flexibility index (Phi) is 9.21. The van der Waals surface area contributed by atoms with Gasteiger partial charge in [0.05, 0.1) is 27.8 Å². The fraction of sp³-hybridized carbons (Fsp3) is 0.0141. The molecule has 15 rings (SSSR count). The zero-order valence-corrected chi connectivity index (χ0v) is 40.0. The molecule has 340 valence electrons. The summed E-state index contributed by atoms with van der Waals surface area (Å²) in [6.45, 7) is 0. The number of hydrogen-bond donors (Lipinski definition) is 0. The van der Waals surface area contributed by atoms with Crippen molar-refractivity contribution in [2.45, 2.75) is 5.41 Å². The third-order valence-electron chi connectivity index (χ3n) is 15.8. The molecular weight excluding hydrogens is 881 g/mol. The van der Waals surface area contributed by atoms with Crippen LogP contribution in [0.5, 0.6) is 0 Å². The van der Waals surface area contributed by atoms with Crippen LogP contribution < -0.4 is 4.90 Å². The van der Waals surface area contributed by atoms with Crippen LogP contribution in [-0.4, -0.2) is 4.57 Å². The Balaban J connectivity index is 0.879. The average molecular weight is 927 g/mol. The molecule has 0 N–H and O–H groups in total. The number of para-hydroxylation sites is 4. The van der Waals surface area contributed by atoms with Gasteiger partial charge in [-0.3, -0.25) is 0 Å². The number of aromatic nitrogens is 1. The van der Waals surface area contributed by atoms with Crippen LogP contribution >= 0.6 is 0 Å². The lowest BCUT2D eigenvalue weighted by Gasteiger charge is -2.39. The van der Waals surface area contributed by atoms with Crippen LogP contribution in [0.4, 0.5) is 17.1 Å². The van der Waals surface area contributed by atoms with Crippen molar-refractivity contribution in [1.29, 1.82) is 0 Å². The molecule has 1 unspecified atom stereocenters. The molecule has 0 radical (unpaired) electrons. The first-order chi connectivity index (χ1) is 36.2. The van der Waals surface area contributed by atoms with Gasteiger partial charge < -0.3 is 9.47 Å². The first-order valence-corrected chi connectivity index (χ1v) is 25.3. The molecule has 13 aromatic rings.